The number of rotatable bonds is 3. The fourth-order valence-corrected chi connectivity index (χ4v) is 0.918. The Balaban J connectivity index is 2.99. The lowest BCUT2D eigenvalue weighted by molar-refractivity contribution is -0.389. The fraction of sp³-hybridized carbons (Fsp3) is 0.111. The first-order valence-corrected chi connectivity index (χ1v) is 4.00. The summed E-state index contributed by atoms with van der Waals surface area (Å²) in [6.45, 7) is 0. The number of ether oxygens (including phenoxy) is 1. The number of carbonyl (C=O) groups excluding carboxylic acids is 1. The first-order chi connectivity index (χ1) is 7.15. The molecular formula is C9H8N2O4. The van der Waals surface area contributed by atoms with E-state index in [0.29, 0.717) is 0 Å². The maximum atomic E-state index is 10.8. The SMILES string of the molecule is COC(=O)C=Cc1cccnc1[N+](=O)[O-]. The standard InChI is InChI=1S/C9H8N2O4/c1-15-8(12)5-4-7-3-2-6-10-9(7)11(13)14/h2-6H,1H3. The van der Waals surface area contributed by atoms with Crippen LogP contribution in [0.3, 0.4) is 0 Å². The predicted molar refractivity (Wildman–Crippen MR) is 51.9 cm³/mol. The summed E-state index contributed by atoms with van der Waals surface area (Å²) in [7, 11) is 1.23. The molecule has 1 aromatic rings. The molecule has 0 aliphatic heterocycles. The quantitative estimate of drug-likeness (QED) is 0.322. The summed E-state index contributed by atoms with van der Waals surface area (Å²) in [6, 6.07) is 3.04. The van der Waals surface area contributed by atoms with Gasteiger partial charge in [0.1, 0.15) is 6.20 Å². The highest BCUT2D eigenvalue weighted by Crippen LogP contribution is 2.15. The van der Waals surface area contributed by atoms with Gasteiger partial charge in [0.05, 0.1) is 12.7 Å². The third-order valence-electron chi connectivity index (χ3n) is 1.59. The van der Waals surface area contributed by atoms with Gasteiger partial charge in [0.15, 0.2) is 0 Å². The van der Waals surface area contributed by atoms with Gasteiger partial charge in [-0.1, -0.05) is 0 Å². The molecule has 15 heavy (non-hydrogen) atoms. The van der Waals surface area contributed by atoms with E-state index in [9.17, 15) is 14.9 Å². The molecule has 1 rings (SSSR count). The third-order valence-corrected chi connectivity index (χ3v) is 1.59. The highest BCUT2D eigenvalue weighted by atomic mass is 16.6. The van der Waals surface area contributed by atoms with Crippen molar-refractivity contribution in [3.63, 3.8) is 0 Å². The molecule has 0 atom stereocenters. The Morgan fingerprint density at radius 3 is 3.00 bits per heavy atom. The average molecular weight is 208 g/mol. The summed E-state index contributed by atoms with van der Waals surface area (Å²) in [5.41, 5.74) is 0.257. The molecule has 0 unspecified atom stereocenters. The van der Waals surface area contributed by atoms with Gasteiger partial charge in [-0.05, 0) is 28.1 Å². The van der Waals surface area contributed by atoms with Crippen LogP contribution in [0.25, 0.3) is 6.08 Å². The van der Waals surface area contributed by atoms with E-state index in [-0.39, 0.29) is 11.4 Å². The minimum atomic E-state index is -0.614. The van der Waals surface area contributed by atoms with Crippen LogP contribution in [0.4, 0.5) is 5.82 Å². The topological polar surface area (TPSA) is 82.3 Å². The summed E-state index contributed by atoms with van der Waals surface area (Å²) in [4.78, 5) is 24.3. The van der Waals surface area contributed by atoms with Gasteiger partial charge in [0.2, 0.25) is 0 Å². The van der Waals surface area contributed by atoms with E-state index < -0.39 is 10.9 Å². The first kappa shape index (κ1) is 10.8. The zero-order valence-corrected chi connectivity index (χ0v) is 7.91. The molecule has 6 nitrogen and oxygen atoms in total. The molecule has 0 aliphatic carbocycles. The van der Waals surface area contributed by atoms with Gasteiger partial charge in [-0.2, -0.15) is 0 Å². The number of nitrogens with zero attached hydrogens (tertiary/aromatic N) is 2. The van der Waals surface area contributed by atoms with Crippen molar-refractivity contribution in [2.45, 2.75) is 0 Å². The van der Waals surface area contributed by atoms with Crippen LogP contribution in [0.1, 0.15) is 5.56 Å². The highest BCUT2D eigenvalue weighted by Gasteiger charge is 2.11. The number of hydrogen-bond donors (Lipinski definition) is 0. The number of hydrogen-bond acceptors (Lipinski definition) is 5. The summed E-state index contributed by atoms with van der Waals surface area (Å²) < 4.78 is 4.36. The summed E-state index contributed by atoms with van der Waals surface area (Å²) in [5.74, 6) is -0.870. The van der Waals surface area contributed by atoms with Gasteiger partial charge >= 0.3 is 11.8 Å². The number of methoxy groups -OCH3 is 1. The molecule has 0 amide bonds. The zero-order chi connectivity index (χ0) is 11.3. The van der Waals surface area contributed by atoms with E-state index in [1.807, 2.05) is 0 Å². The number of nitro groups is 1. The van der Waals surface area contributed by atoms with Crippen LogP contribution in [0.2, 0.25) is 0 Å². The van der Waals surface area contributed by atoms with E-state index in [4.69, 9.17) is 0 Å². The van der Waals surface area contributed by atoms with Crippen LogP contribution in [-0.4, -0.2) is 23.0 Å². The Labute approximate surface area is 85.3 Å². The second kappa shape index (κ2) is 4.85. The van der Waals surface area contributed by atoms with Gasteiger partial charge in [0, 0.05) is 6.08 Å². The molecule has 0 aromatic carbocycles. The molecule has 1 heterocycles. The van der Waals surface area contributed by atoms with Crippen LogP contribution < -0.4 is 0 Å². The molecule has 0 radical (unpaired) electrons. The lowest BCUT2D eigenvalue weighted by Gasteiger charge is -1.95. The van der Waals surface area contributed by atoms with E-state index in [1.54, 1.807) is 6.07 Å². The van der Waals surface area contributed by atoms with E-state index in [0.717, 1.165) is 6.08 Å². The molecule has 0 N–H and O–H groups in total. The maximum Gasteiger partial charge on any atom is 0.370 e. The van der Waals surface area contributed by atoms with Gasteiger partial charge in [0.25, 0.3) is 0 Å². The Morgan fingerprint density at radius 1 is 1.67 bits per heavy atom. The second-order valence-corrected chi connectivity index (χ2v) is 2.53. The Kier molecular flexibility index (Phi) is 3.50. The highest BCUT2D eigenvalue weighted by molar-refractivity contribution is 5.87. The number of aromatic nitrogens is 1. The van der Waals surface area contributed by atoms with Crippen LogP contribution in [0.5, 0.6) is 0 Å². The maximum absolute atomic E-state index is 10.8. The number of carbonyl (C=O) groups is 1. The van der Waals surface area contributed by atoms with Crippen molar-refractivity contribution in [1.29, 1.82) is 0 Å². The van der Waals surface area contributed by atoms with Crippen LogP contribution in [-0.2, 0) is 9.53 Å². The molecule has 0 saturated carbocycles. The molecular weight excluding hydrogens is 200 g/mol. The molecule has 0 fully saturated rings. The van der Waals surface area contributed by atoms with Crippen molar-refractivity contribution < 1.29 is 14.5 Å². The molecule has 0 spiro atoms. The first-order valence-electron chi connectivity index (χ1n) is 4.00. The third kappa shape index (κ3) is 2.87. The molecule has 0 bridgehead atoms. The Hall–Kier alpha value is -2.24. The molecule has 1 aromatic heterocycles. The van der Waals surface area contributed by atoms with Crippen molar-refractivity contribution in [3.8, 4) is 0 Å². The minimum Gasteiger partial charge on any atom is -0.466 e. The molecule has 78 valence electrons. The molecule has 0 aliphatic rings. The summed E-state index contributed by atoms with van der Waals surface area (Å²) in [5, 5.41) is 10.5. The van der Waals surface area contributed by atoms with Crippen molar-refractivity contribution in [2.75, 3.05) is 7.11 Å². The monoisotopic (exact) mass is 208 g/mol. The Bertz CT molecular complexity index is 414. The van der Waals surface area contributed by atoms with Gasteiger partial charge < -0.3 is 14.9 Å². The molecule has 0 saturated heterocycles. The van der Waals surface area contributed by atoms with Gasteiger partial charge in [-0.25, -0.2) is 4.79 Å². The van der Waals surface area contributed by atoms with E-state index in [2.05, 4.69) is 9.72 Å². The van der Waals surface area contributed by atoms with Crippen molar-refractivity contribution >= 4 is 17.9 Å². The molecule has 6 heteroatoms. The lowest BCUT2D eigenvalue weighted by Crippen LogP contribution is -1.96. The van der Waals surface area contributed by atoms with E-state index in [1.165, 1.54) is 25.4 Å². The van der Waals surface area contributed by atoms with Crippen LogP contribution in [0.15, 0.2) is 24.4 Å². The minimum absolute atomic E-state index is 0.257. The van der Waals surface area contributed by atoms with Crippen molar-refractivity contribution in [3.05, 3.63) is 40.1 Å². The van der Waals surface area contributed by atoms with Crippen LogP contribution in [0, 0.1) is 10.1 Å². The van der Waals surface area contributed by atoms with Crippen molar-refractivity contribution in [2.24, 2.45) is 0 Å². The largest absolute Gasteiger partial charge is 0.466 e. The Morgan fingerprint density at radius 2 is 2.40 bits per heavy atom. The fourth-order valence-electron chi connectivity index (χ4n) is 0.918. The normalized spacial score (nSPS) is 10.2. The van der Waals surface area contributed by atoms with Crippen molar-refractivity contribution in [1.82, 2.24) is 4.98 Å². The van der Waals surface area contributed by atoms with Gasteiger partial charge in [-0.15, -0.1) is 0 Å². The van der Waals surface area contributed by atoms with Crippen LogP contribution >= 0.6 is 0 Å². The average Bonchev–Trinajstić information content (AvgIpc) is 2.26. The predicted octanol–water partition coefficient (Wildman–Crippen LogP) is 1.18. The lowest BCUT2D eigenvalue weighted by atomic mass is 10.2. The van der Waals surface area contributed by atoms with Gasteiger partial charge in [-0.3, -0.25) is 0 Å². The second-order valence-electron chi connectivity index (χ2n) is 2.53. The summed E-state index contributed by atoms with van der Waals surface area (Å²) >= 11 is 0. The summed E-state index contributed by atoms with van der Waals surface area (Å²) in [6.07, 6.45) is 3.70. The number of pyridine rings is 1. The zero-order valence-electron chi connectivity index (χ0n) is 7.91. The smallest absolute Gasteiger partial charge is 0.370 e. The van der Waals surface area contributed by atoms with E-state index >= 15 is 0 Å². The number of esters is 1.